The third-order valence-electron chi connectivity index (χ3n) is 3.26. The summed E-state index contributed by atoms with van der Waals surface area (Å²) in [5, 5.41) is 18.7. The van der Waals surface area contributed by atoms with Gasteiger partial charge in [-0.25, -0.2) is 0 Å². The lowest BCUT2D eigenvalue weighted by Crippen LogP contribution is -2.45. The number of hydrogen-bond acceptors (Lipinski definition) is 3. The van der Waals surface area contributed by atoms with Crippen molar-refractivity contribution in [1.29, 1.82) is 0 Å². The number of piperidine rings is 1. The van der Waals surface area contributed by atoms with Gasteiger partial charge in [-0.1, -0.05) is 6.92 Å². The minimum atomic E-state index is -0.683. The van der Waals surface area contributed by atoms with E-state index in [1.165, 1.54) is 0 Å². The first-order valence-electron chi connectivity index (χ1n) is 5.62. The van der Waals surface area contributed by atoms with Gasteiger partial charge in [0, 0.05) is 6.54 Å². The van der Waals surface area contributed by atoms with Crippen molar-refractivity contribution in [3.63, 3.8) is 0 Å². The summed E-state index contributed by atoms with van der Waals surface area (Å²) in [6.45, 7) is 6.01. The third-order valence-corrected chi connectivity index (χ3v) is 3.26. The van der Waals surface area contributed by atoms with E-state index in [0.29, 0.717) is 19.4 Å². The lowest BCUT2D eigenvalue weighted by Gasteiger charge is -2.35. The van der Waals surface area contributed by atoms with Crippen molar-refractivity contribution in [3.8, 4) is 0 Å². The van der Waals surface area contributed by atoms with E-state index >= 15 is 0 Å². The van der Waals surface area contributed by atoms with Gasteiger partial charge < -0.3 is 15.1 Å². The average molecular weight is 215 g/mol. The van der Waals surface area contributed by atoms with Gasteiger partial charge in [0.2, 0.25) is 0 Å². The Kier molecular flexibility index (Phi) is 4.11. The van der Waals surface area contributed by atoms with Gasteiger partial charge in [0.25, 0.3) is 0 Å². The topological polar surface area (TPSA) is 60.8 Å². The maximum atomic E-state index is 10.7. The molecule has 1 aliphatic rings. The second-order valence-corrected chi connectivity index (χ2v) is 4.74. The zero-order chi connectivity index (χ0) is 11.5. The molecule has 0 aromatic heterocycles. The van der Waals surface area contributed by atoms with Crippen molar-refractivity contribution < 1.29 is 15.0 Å². The van der Waals surface area contributed by atoms with Crippen molar-refractivity contribution in [2.24, 2.45) is 5.92 Å². The monoisotopic (exact) mass is 215 g/mol. The molecule has 1 saturated heterocycles. The lowest BCUT2D eigenvalue weighted by molar-refractivity contribution is -0.143. The molecule has 1 aliphatic heterocycles. The van der Waals surface area contributed by atoms with Crippen molar-refractivity contribution in [3.05, 3.63) is 0 Å². The molecule has 1 rings (SSSR count). The number of likely N-dealkylation sites (tertiary alicyclic amines) is 1. The molecule has 4 nitrogen and oxygen atoms in total. The molecule has 1 atom stereocenters. The Morgan fingerprint density at radius 1 is 1.47 bits per heavy atom. The summed E-state index contributed by atoms with van der Waals surface area (Å²) in [5.74, 6) is -0.871. The van der Waals surface area contributed by atoms with E-state index in [0.717, 1.165) is 19.5 Å². The van der Waals surface area contributed by atoms with Crippen LogP contribution in [0.5, 0.6) is 0 Å². The summed E-state index contributed by atoms with van der Waals surface area (Å²) in [4.78, 5) is 12.9. The third kappa shape index (κ3) is 3.80. The second kappa shape index (κ2) is 4.94. The molecule has 0 aromatic rings. The smallest absolute Gasteiger partial charge is 0.306 e. The van der Waals surface area contributed by atoms with Crippen LogP contribution in [0.3, 0.4) is 0 Å². The van der Waals surface area contributed by atoms with Crippen molar-refractivity contribution in [1.82, 2.24) is 4.90 Å². The van der Waals surface area contributed by atoms with Gasteiger partial charge >= 0.3 is 5.97 Å². The quantitative estimate of drug-likeness (QED) is 0.733. The van der Waals surface area contributed by atoms with Gasteiger partial charge in [0.05, 0.1) is 11.5 Å². The van der Waals surface area contributed by atoms with E-state index in [9.17, 15) is 9.90 Å². The number of carboxylic acids is 1. The van der Waals surface area contributed by atoms with Gasteiger partial charge in [-0.3, -0.25) is 4.79 Å². The maximum Gasteiger partial charge on any atom is 0.306 e. The Bertz CT molecular complexity index is 220. The zero-order valence-corrected chi connectivity index (χ0v) is 9.57. The van der Waals surface area contributed by atoms with Crippen LogP contribution in [0.25, 0.3) is 0 Å². The first-order valence-corrected chi connectivity index (χ1v) is 5.62. The highest BCUT2D eigenvalue weighted by molar-refractivity contribution is 5.70. The fourth-order valence-corrected chi connectivity index (χ4v) is 1.93. The molecule has 2 N–H and O–H groups in total. The Balaban J connectivity index is 2.35. The maximum absolute atomic E-state index is 10.7. The van der Waals surface area contributed by atoms with Gasteiger partial charge in [-0.05, 0) is 39.3 Å². The normalized spacial score (nSPS) is 23.7. The highest BCUT2D eigenvalue weighted by Crippen LogP contribution is 2.20. The van der Waals surface area contributed by atoms with E-state index in [2.05, 4.69) is 4.90 Å². The minimum Gasteiger partial charge on any atom is -0.481 e. The molecular formula is C11H21NO3. The van der Waals surface area contributed by atoms with Crippen LogP contribution in [0, 0.1) is 5.92 Å². The number of nitrogens with zero attached hydrogens (tertiary/aromatic N) is 1. The molecule has 0 saturated carbocycles. The Labute approximate surface area is 90.9 Å². The molecular weight excluding hydrogens is 194 g/mol. The Morgan fingerprint density at radius 2 is 2.00 bits per heavy atom. The number of aliphatic carboxylic acids is 1. The van der Waals surface area contributed by atoms with Crippen molar-refractivity contribution in [2.45, 2.75) is 38.7 Å². The average Bonchev–Trinajstić information content (AvgIpc) is 2.18. The lowest BCUT2D eigenvalue weighted by atomic mass is 9.95. The van der Waals surface area contributed by atoms with E-state index in [-0.39, 0.29) is 5.92 Å². The van der Waals surface area contributed by atoms with E-state index in [1.807, 2.05) is 13.8 Å². The minimum absolute atomic E-state index is 0.187. The van der Waals surface area contributed by atoms with Crippen LogP contribution < -0.4 is 0 Å². The molecule has 88 valence electrons. The number of rotatable bonds is 4. The molecule has 1 heterocycles. The van der Waals surface area contributed by atoms with Crippen molar-refractivity contribution >= 4 is 5.97 Å². The van der Waals surface area contributed by atoms with Gasteiger partial charge in [0.1, 0.15) is 0 Å². The SMILES string of the molecule is CCC(C)(O)CN1CCC(C(=O)O)CC1. The standard InChI is InChI=1S/C11H21NO3/c1-3-11(2,15)8-12-6-4-9(5-7-12)10(13)14/h9,15H,3-8H2,1-2H3,(H,13,14). The molecule has 0 spiro atoms. The summed E-state index contributed by atoms with van der Waals surface area (Å²) in [5.41, 5.74) is -0.643. The number of carbonyl (C=O) groups is 1. The van der Waals surface area contributed by atoms with Crippen LogP contribution in [-0.4, -0.2) is 46.3 Å². The number of carboxylic acid groups (broad SMARTS) is 1. The van der Waals surface area contributed by atoms with Crippen LogP contribution in [0.4, 0.5) is 0 Å². The molecule has 15 heavy (non-hydrogen) atoms. The summed E-state index contributed by atoms with van der Waals surface area (Å²) >= 11 is 0. The predicted molar refractivity (Wildman–Crippen MR) is 57.7 cm³/mol. The predicted octanol–water partition coefficient (Wildman–Crippen LogP) is 0.944. The van der Waals surface area contributed by atoms with Gasteiger partial charge in [-0.15, -0.1) is 0 Å². The first kappa shape index (κ1) is 12.5. The van der Waals surface area contributed by atoms with Crippen LogP contribution in [0.1, 0.15) is 33.1 Å². The molecule has 0 radical (unpaired) electrons. The molecule has 1 fully saturated rings. The molecule has 0 bridgehead atoms. The Morgan fingerprint density at radius 3 is 2.40 bits per heavy atom. The highest BCUT2D eigenvalue weighted by Gasteiger charge is 2.28. The largest absolute Gasteiger partial charge is 0.481 e. The molecule has 0 amide bonds. The molecule has 0 aliphatic carbocycles. The van der Waals surface area contributed by atoms with Crippen LogP contribution in [0.15, 0.2) is 0 Å². The van der Waals surface area contributed by atoms with Crippen LogP contribution in [0.2, 0.25) is 0 Å². The van der Waals surface area contributed by atoms with Gasteiger partial charge in [0.15, 0.2) is 0 Å². The second-order valence-electron chi connectivity index (χ2n) is 4.74. The molecule has 1 unspecified atom stereocenters. The fraction of sp³-hybridized carbons (Fsp3) is 0.909. The van der Waals surface area contributed by atoms with Crippen LogP contribution in [-0.2, 0) is 4.79 Å². The first-order chi connectivity index (χ1) is 6.94. The van der Waals surface area contributed by atoms with E-state index in [1.54, 1.807) is 0 Å². The highest BCUT2D eigenvalue weighted by atomic mass is 16.4. The van der Waals surface area contributed by atoms with Crippen molar-refractivity contribution in [2.75, 3.05) is 19.6 Å². The summed E-state index contributed by atoms with van der Waals surface area (Å²) in [7, 11) is 0. The molecule has 4 heteroatoms. The zero-order valence-electron chi connectivity index (χ0n) is 9.57. The summed E-state index contributed by atoms with van der Waals surface area (Å²) < 4.78 is 0. The summed E-state index contributed by atoms with van der Waals surface area (Å²) in [6, 6.07) is 0. The summed E-state index contributed by atoms with van der Waals surface area (Å²) in [6.07, 6.45) is 2.14. The Hall–Kier alpha value is -0.610. The molecule has 0 aromatic carbocycles. The van der Waals surface area contributed by atoms with E-state index < -0.39 is 11.6 Å². The fourth-order valence-electron chi connectivity index (χ4n) is 1.93. The number of hydrogen-bond donors (Lipinski definition) is 2. The van der Waals surface area contributed by atoms with Crippen LogP contribution >= 0.6 is 0 Å². The number of β-amino-alcohol motifs (C(OH)–C–C–N with tert-alkyl or cyclic N) is 1. The van der Waals surface area contributed by atoms with E-state index in [4.69, 9.17) is 5.11 Å². The number of aliphatic hydroxyl groups is 1. The van der Waals surface area contributed by atoms with Gasteiger partial charge in [-0.2, -0.15) is 0 Å².